The second-order valence-electron chi connectivity index (χ2n) is 12.2. The lowest BCUT2D eigenvalue weighted by atomic mass is 9.93. The molecule has 2 aromatic carbocycles. The van der Waals surface area contributed by atoms with E-state index >= 15 is 0 Å². The third-order valence-electron chi connectivity index (χ3n) is 7.62. The molecule has 0 saturated heterocycles. The summed E-state index contributed by atoms with van der Waals surface area (Å²) in [4.78, 5) is 24.6. The Bertz CT molecular complexity index is 2020. The lowest BCUT2D eigenvalue weighted by molar-refractivity contribution is 0.262. The van der Waals surface area contributed by atoms with E-state index in [0.29, 0.717) is 23.8 Å². The molecule has 13 heteroatoms. The number of nitrogens with zero attached hydrogens (tertiary/aromatic N) is 4. The average Bonchev–Trinajstić information content (AvgIpc) is 3.31. The average molecular weight is 641 g/mol. The monoisotopic (exact) mass is 640 g/mol. The number of nitrogens with one attached hydrogen (secondary N) is 4. The van der Waals surface area contributed by atoms with Crippen molar-refractivity contribution in [2.24, 2.45) is 0 Å². The van der Waals surface area contributed by atoms with Crippen LogP contribution in [0, 0.1) is 0 Å². The van der Waals surface area contributed by atoms with Crippen molar-refractivity contribution in [3.05, 3.63) is 84.8 Å². The predicted octanol–water partition coefficient (Wildman–Crippen LogP) is 6.80. The molecule has 230 valence electrons. The fraction of sp³-hybridized carbons (Fsp3) is 0.250. The zero-order chi connectivity index (χ0) is 31.2. The van der Waals surface area contributed by atoms with Gasteiger partial charge in [0.15, 0.2) is 10.8 Å². The van der Waals surface area contributed by atoms with Crippen molar-refractivity contribution in [2.45, 2.75) is 49.5 Å². The van der Waals surface area contributed by atoms with Crippen molar-refractivity contribution in [3.8, 4) is 11.3 Å². The van der Waals surface area contributed by atoms with Crippen LogP contribution in [0.5, 0.6) is 0 Å². The second kappa shape index (κ2) is 11.4. The van der Waals surface area contributed by atoms with Crippen molar-refractivity contribution in [1.82, 2.24) is 24.2 Å². The molecule has 4 N–H and O–H groups in total. The number of amides is 2. The van der Waals surface area contributed by atoms with Gasteiger partial charge in [-0.15, -0.1) is 0 Å². The summed E-state index contributed by atoms with van der Waals surface area (Å²) in [5, 5.41) is 12.9. The topological polar surface area (TPSA) is 138 Å². The van der Waals surface area contributed by atoms with Gasteiger partial charge in [0.2, 0.25) is 0 Å². The van der Waals surface area contributed by atoms with Crippen molar-refractivity contribution >= 4 is 61.0 Å². The standard InChI is InChI=1S/C32H32N8O3S2/c1-31(2,3)25-17-27(38-43-25)37-29(41)34-21-11-9-20(10-12-21)23-18-40-24-13-14-26(36-28(24)44-30(40)35-23)33-19-32(15-16-32)39-45(42)22-7-5-4-6-8-22/h4-14,17-18,39H,15-16,19H2,1-3H3,(H,33,36)(H2,34,37,38,41). The van der Waals surface area contributed by atoms with Crippen LogP contribution in [0.1, 0.15) is 39.4 Å². The van der Waals surface area contributed by atoms with E-state index in [1.807, 2.05) is 98.1 Å². The largest absolute Gasteiger partial charge is 0.368 e. The van der Waals surface area contributed by atoms with E-state index < -0.39 is 17.0 Å². The van der Waals surface area contributed by atoms with E-state index in [0.717, 1.165) is 50.1 Å². The summed E-state index contributed by atoms with van der Waals surface area (Å²) in [7, 11) is -1.25. The fourth-order valence-corrected chi connectivity index (χ4v) is 7.01. The maximum absolute atomic E-state index is 12.8. The van der Waals surface area contributed by atoms with Gasteiger partial charge in [-0.05, 0) is 49.2 Å². The van der Waals surface area contributed by atoms with Crippen LogP contribution < -0.4 is 20.7 Å². The normalized spacial score (nSPS) is 14.8. The number of anilines is 3. The number of fused-ring (bicyclic) bond motifs is 3. The van der Waals surface area contributed by atoms with Gasteiger partial charge in [-0.25, -0.2) is 23.7 Å². The number of aromatic nitrogens is 4. The van der Waals surface area contributed by atoms with Gasteiger partial charge in [0.1, 0.15) is 27.4 Å². The number of hydrogen-bond donors (Lipinski definition) is 4. The molecule has 4 aromatic heterocycles. The van der Waals surface area contributed by atoms with Crippen LogP contribution >= 0.6 is 11.3 Å². The first-order valence-electron chi connectivity index (χ1n) is 14.6. The van der Waals surface area contributed by atoms with Crippen LogP contribution in [0.3, 0.4) is 0 Å². The highest BCUT2D eigenvalue weighted by atomic mass is 32.2. The first-order valence-corrected chi connectivity index (χ1v) is 16.5. The Morgan fingerprint density at radius 2 is 1.78 bits per heavy atom. The minimum atomic E-state index is -1.25. The van der Waals surface area contributed by atoms with Crippen molar-refractivity contribution in [3.63, 3.8) is 0 Å². The summed E-state index contributed by atoms with van der Waals surface area (Å²) in [5.41, 5.74) is 2.97. The van der Waals surface area contributed by atoms with Crippen LogP contribution in [0.25, 0.3) is 26.6 Å². The summed E-state index contributed by atoms with van der Waals surface area (Å²) in [6.07, 6.45) is 3.92. The Kier molecular flexibility index (Phi) is 7.38. The van der Waals surface area contributed by atoms with Crippen LogP contribution in [-0.2, 0) is 16.4 Å². The molecule has 1 saturated carbocycles. The van der Waals surface area contributed by atoms with E-state index in [4.69, 9.17) is 14.5 Å². The highest BCUT2D eigenvalue weighted by molar-refractivity contribution is 7.83. The maximum atomic E-state index is 12.8. The van der Waals surface area contributed by atoms with Gasteiger partial charge < -0.3 is 15.2 Å². The Morgan fingerprint density at radius 3 is 2.49 bits per heavy atom. The summed E-state index contributed by atoms with van der Waals surface area (Å²) in [6.45, 7) is 6.68. The molecule has 0 spiro atoms. The van der Waals surface area contributed by atoms with Gasteiger partial charge in [0.25, 0.3) is 0 Å². The first kappa shape index (κ1) is 29.1. The molecular formula is C32H32N8O3S2. The molecule has 1 unspecified atom stereocenters. The molecule has 1 fully saturated rings. The summed E-state index contributed by atoms with van der Waals surface area (Å²) < 4.78 is 23.4. The van der Waals surface area contributed by atoms with Gasteiger partial charge >= 0.3 is 6.03 Å². The molecule has 4 heterocycles. The molecule has 1 aliphatic rings. The van der Waals surface area contributed by atoms with Crippen LogP contribution in [0.4, 0.5) is 22.1 Å². The Morgan fingerprint density at radius 1 is 1.00 bits per heavy atom. The quantitative estimate of drug-likeness (QED) is 0.136. The molecule has 2 amide bonds. The lowest BCUT2D eigenvalue weighted by Gasteiger charge is -2.17. The highest BCUT2D eigenvalue weighted by Gasteiger charge is 2.44. The van der Waals surface area contributed by atoms with Gasteiger partial charge in [-0.2, -0.15) is 0 Å². The van der Waals surface area contributed by atoms with Crippen LogP contribution in [0.2, 0.25) is 0 Å². The number of rotatable bonds is 9. The van der Waals surface area contributed by atoms with E-state index in [1.165, 1.54) is 11.3 Å². The number of benzene rings is 2. The molecule has 1 aliphatic carbocycles. The van der Waals surface area contributed by atoms with E-state index in [2.05, 4.69) is 25.8 Å². The zero-order valence-electron chi connectivity index (χ0n) is 25.0. The van der Waals surface area contributed by atoms with Crippen molar-refractivity contribution < 1.29 is 13.5 Å². The number of hydrogen-bond acceptors (Lipinski definition) is 8. The summed E-state index contributed by atoms with van der Waals surface area (Å²) in [5.74, 6) is 1.82. The second-order valence-corrected chi connectivity index (χ2v) is 14.4. The van der Waals surface area contributed by atoms with Gasteiger partial charge in [0, 0.05) is 41.0 Å². The number of imidazole rings is 1. The zero-order valence-corrected chi connectivity index (χ0v) is 26.6. The van der Waals surface area contributed by atoms with Crippen molar-refractivity contribution in [2.75, 3.05) is 22.5 Å². The van der Waals surface area contributed by atoms with Gasteiger partial charge in [0.05, 0.1) is 16.1 Å². The number of pyridine rings is 1. The molecule has 45 heavy (non-hydrogen) atoms. The number of carbonyl (C=O) groups is 1. The summed E-state index contributed by atoms with van der Waals surface area (Å²) in [6, 6.07) is 22.3. The minimum Gasteiger partial charge on any atom is -0.368 e. The van der Waals surface area contributed by atoms with Crippen LogP contribution in [-0.4, -0.2) is 41.8 Å². The number of thiazole rings is 1. The highest BCUT2D eigenvalue weighted by Crippen LogP contribution is 2.37. The Hall–Kier alpha value is -4.59. The minimum absolute atomic E-state index is 0.196. The first-order chi connectivity index (χ1) is 21.6. The number of carbonyl (C=O) groups excluding carboxylic acids is 1. The SMILES string of the molecule is CC(C)(C)c1cc(NC(=O)Nc2ccc(-c3cn4c(n3)sc3nc(NCC5(NS(=O)c6ccccc6)CC5)ccc34)cc2)no1. The van der Waals surface area contributed by atoms with E-state index in [1.54, 1.807) is 6.07 Å². The lowest BCUT2D eigenvalue weighted by Crippen LogP contribution is -2.39. The van der Waals surface area contributed by atoms with Gasteiger partial charge in [-0.3, -0.25) is 9.72 Å². The summed E-state index contributed by atoms with van der Waals surface area (Å²) >= 11 is 1.52. The molecule has 1 atom stereocenters. The molecule has 6 aromatic rings. The molecule has 0 bridgehead atoms. The van der Waals surface area contributed by atoms with Crippen LogP contribution in [0.15, 0.2) is 88.4 Å². The Labute approximate surface area is 266 Å². The molecular weight excluding hydrogens is 609 g/mol. The third-order valence-corrected chi connectivity index (χ3v) is 9.90. The third kappa shape index (κ3) is 6.32. The molecule has 11 nitrogen and oxygen atoms in total. The smallest absolute Gasteiger partial charge is 0.324 e. The van der Waals surface area contributed by atoms with E-state index in [-0.39, 0.29) is 11.0 Å². The number of urea groups is 1. The maximum Gasteiger partial charge on any atom is 0.324 e. The molecule has 7 rings (SSSR count). The van der Waals surface area contributed by atoms with Gasteiger partial charge in [-0.1, -0.05) is 67.6 Å². The van der Waals surface area contributed by atoms with E-state index in [9.17, 15) is 9.00 Å². The molecule has 0 radical (unpaired) electrons. The molecule has 0 aliphatic heterocycles. The fourth-order valence-electron chi connectivity index (χ4n) is 4.84. The van der Waals surface area contributed by atoms with Crippen molar-refractivity contribution in [1.29, 1.82) is 0 Å². The Balaban J connectivity index is 0.981. The predicted molar refractivity (Wildman–Crippen MR) is 178 cm³/mol.